The molecule has 61 heavy (non-hydrogen) atoms. The fraction of sp³-hybridized carbons (Fsp3) is 0.432. The zero-order chi connectivity index (χ0) is 42.2. The monoisotopic (exact) mass is 828 g/mol. The molecule has 5 aliphatic rings. The van der Waals surface area contributed by atoms with Gasteiger partial charge in [-0.3, -0.25) is 44.1 Å². The van der Waals surface area contributed by atoms with E-state index in [2.05, 4.69) is 40.5 Å². The Morgan fingerprint density at radius 3 is 2.33 bits per heavy atom. The average molecular weight is 829 g/mol. The predicted molar refractivity (Wildman–Crippen MR) is 221 cm³/mol. The van der Waals surface area contributed by atoms with Crippen LogP contribution in [0.25, 0.3) is 15.7 Å². The summed E-state index contributed by atoms with van der Waals surface area (Å²) in [6, 6.07) is 12.4. The van der Waals surface area contributed by atoms with Crippen LogP contribution in [0, 0.1) is 18.3 Å². The third-order valence-corrected chi connectivity index (χ3v) is 12.7. The number of ether oxygens (including phenoxy) is 1. The first kappa shape index (κ1) is 39.9. The van der Waals surface area contributed by atoms with Crippen molar-refractivity contribution in [1.29, 1.82) is 0 Å². The number of piperazine rings is 1. The molecule has 1 aliphatic carbocycles. The van der Waals surface area contributed by atoms with Crippen molar-refractivity contribution in [3.63, 3.8) is 0 Å². The number of amides is 5. The van der Waals surface area contributed by atoms with Gasteiger partial charge in [0.25, 0.3) is 17.7 Å². The summed E-state index contributed by atoms with van der Waals surface area (Å²) in [4.78, 5) is 78.9. The Labute approximate surface area is 351 Å². The Morgan fingerprint density at radius 1 is 0.869 bits per heavy atom. The summed E-state index contributed by atoms with van der Waals surface area (Å²) in [5, 5.41) is 14.8. The second-order valence-electron chi connectivity index (χ2n) is 16.5. The highest BCUT2D eigenvalue weighted by Crippen LogP contribution is 2.35. The van der Waals surface area contributed by atoms with Crippen molar-refractivity contribution in [2.24, 2.45) is 5.92 Å². The first-order valence-electron chi connectivity index (χ1n) is 21.0. The van der Waals surface area contributed by atoms with Crippen LogP contribution in [0.5, 0.6) is 5.75 Å². The lowest BCUT2D eigenvalue weighted by Gasteiger charge is -2.39. The lowest BCUT2D eigenvalue weighted by atomic mass is 9.92. The highest BCUT2D eigenvalue weighted by Gasteiger charge is 2.45. The molecule has 16 nitrogen and oxygen atoms in total. The van der Waals surface area contributed by atoms with Crippen LogP contribution in [0.15, 0.2) is 54.7 Å². The van der Waals surface area contributed by atoms with Gasteiger partial charge < -0.3 is 19.9 Å². The fourth-order valence-electron chi connectivity index (χ4n) is 9.31. The van der Waals surface area contributed by atoms with Crippen molar-refractivity contribution in [2.75, 3.05) is 55.6 Å². The van der Waals surface area contributed by atoms with Gasteiger partial charge in [0.2, 0.25) is 17.5 Å². The van der Waals surface area contributed by atoms with Crippen LogP contribution in [0.4, 0.5) is 21.6 Å². The van der Waals surface area contributed by atoms with E-state index in [1.165, 1.54) is 6.07 Å². The number of fused-ring (bicyclic) bond motifs is 2. The van der Waals surface area contributed by atoms with E-state index in [4.69, 9.17) is 11.3 Å². The third-order valence-electron chi connectivity index (χ3n) is 12.7. The second-order valence-corrected chi connectivity index (χ2v) is 16.5. The number of carbonyl (C=O) groups is 5. The van der Waals surface area contributed by atoms with Gasteiger partial charge in [0.05, 0.1) is 35.0 Å². The quantitative estimate of drug-likeness (QED) is 0.182. The number of anilines is 2. The van der Waals surface area contributed by atoms with Crippen molar-refractivity contribution in [2.45, 2.75) is 69.6 Å². The molecule has 6 heterocycles. The topological polar surface area (TPSA) is 175 Å². The number of nitrogens with one attached hydrogen (secondary N) is 2. The summed E-state index contributed by atoms with van der Waals surface area (Å²) in [5.74, 6) is -1.44. The molecule has 0 bridgehead atoms. The van der Waals surface area contributed by atoms with E-state index in [0.29, 0.717) is 43.3 Å². The first-order valence-corrected chi connectivity index (χ1v) is 21.0. The van der Waals surface area contributed by atoms with Crippen LogP contribution in [0.1, 0.15) is 82.6 Å². The molecular formula is C44H45FN10O6. The van der Waals surface area contributed by atoms with Crippen molar-refractivity contribution < 1.29 is 33.1 Å². The normalized spacial score (nSPS) is 22.6. The Bertz CT molecular complexity index is 2440. The van der Waals surface area contributed by atoms with Gasteiger partial charge in [-0.05, 0) is 93.3 Å². The van der Waals surface area contributed by atoms with Gasteiger partial charge >= 0.3 is 0 Å². The molecule has 4 aliphatic heterocycles. The summed E-state index contributed by atoms with van der Waals surface area (Å²) in [7, 11) is 0. The SMILES string of the molecule is [C-]#[N+]c1ccc(OC2CCC(NC(=O)c3ccc(N4CCC(CN5CCN(c6cc7c(cc6F)C(=O)N(C6CCC(=O)NC6=O)C7=O)CC5)CC4)nn3)CC2)c2cccnc12. The van der Waals surface area contributed by atoms with E-state index in [1.807, 2.05) is 29.2 Å². The molecule has 3 saturated heterocycles. The molecule has 1 saturated carbocycles. The minimum atomic E-state index is -1.10. The molecule has 314 valence electrons. The largest absolute Gasteiger partial charge is 0.490 e. The lowest BCUT2D eigenvalue weighted by molar-refractivity contribution is -0.136. The number of carbonyl (C=O) groups excluding carboxylic acids is 5. The summed E-state index contributed by atoms with van der Waals surface area (Å²) < 4.78 is 21.8. The van der Waals surface area contributed by atoms with Crippen molar-refractivity contribution in [1.82, 2.24) is 35.6 Å². The maximum atomic E-state index is 15.4. The summed E-state index contributed by atoms with van der Waals surface area (Å²) in [6.07, 6.45) is 6.78. The number of rotatable bonds is 9. The predicted octanol–water partition coefficient (Wildman–Crippen LogP) is 4.27. The summed E-state index contributed by atoms with van der Waals surface area (Å²) in [5.41, 5.74) is 1.67. The minimum absolute atomic E-state index is 0.00362. The zero-order valence-corrected chi connectivity index (χ0v) is 33.5. The van der Waals surface area contributed by atoms with Crippen LogP contribution < -0.4 is 25.2 Å². The Morgan fingerprint density at radius 2 is 1.62 bits per heavy atom. The summed E-state index contributed by atoms with van der Waals surface area (Å²) in [6.45, 7) is 12.5. The Hall–Kier alpha value is -6.54. The molecule has 2 aromatic carbocycles. The molecule has 1 unspecified atom stereocenters. The number of hydrogen-bond donors (Lipinski definition) is 2. The van der Waals surface area contributed by atoms with Gasteiger partial charge in [0, 0.05) is 69.9 Å². The van der Waals surface area contributed by atoms with E-state index >= 15 is 4.39 Å². The first-order chi connectivity index (χ1) is 29.6. The number of imide groups is 2. The molecule has 4 fully saturated rings. The number of benzene rings is 2. The number of hydrogen-bond acceptors (Lipinski definition) is 12. The minimum Gasteiger partial charge on any atom is -0.490 e. The zero-order valence-electron chi connectivity index (χ0n) is 33.5. The van der Waals surface area contributed by atoms with E-state index < -0.39 is 35.5 Å². The fourth-order valence-corrected chi connectivity index (χ4v) is 9.31. The van der Waals surface area contributed by atoms with E-state index in [9.17, 15) is 24.0 Å². The lowest BCUT2D eigenvalue weighted by Crippen LogP contribution is -2.54. The molecule has 17 heteroatoms. The van der Waals surface area contributed by atoms with Gasteiger partial charge in [0.15, 0.2) is 11.5 Å². The van der Waals surface area contributed by atoms with Gasteiger partial charge in [0.1, 0.15) is 17.6 Å². The van der Waals surface area contributed by atoms with Gasteiger partial charge in [-0.1, -0.05) is 6.07 Å². The molecule has 0 spiro atoms. The Balaban J connectivity index is 0.709. The Kier molecular flexibility index (Phi) is 11.0. The number of nitrogens with zero attached hydrogens (tertiary/aromatic N) is 8. The van der Waals surface area contributed by atoms with Crippen LogP contribution >= 0.6 is 0 Å². The molecule has 9 rings (SSSR count). The van der Waals surface area contributed by atoms with Gasteiger partial charge in [-0.25, -0.2) is 9.24 Å². The molecule has 5 amide bonds. The third kappa shape index (κ3) is 8.07. The number of halogens is 1. The maximum Gasteiger partial charge on any atom is 0.272 e. The van der Waals surface area contributed by atoms with Gasteiger partial charge in [-0.2, -0.15) is 0 Å². The summed E-state index contributed by atoms with van der Waals surface area (Å²) >= 11 is 0. The van der Waals surface area contributed by atoms with Crippen LogP contribution in [-0.4, -0.2) is 119 Å². The molecule has 2 N–H and O–H groups in total. The second kappa shape index (κ2) is 16.8. The highest BCUT2D eigenvalue weighted by molar-refractivity contribution is 6.23. The van der Waals surface area contributed by atoms with Crippen LogP contribution in [-0.2, 0) is 9.59 Å². The van der Waals surface area contributed by atoms with E-state index in [-0.39, 0.29) is 53.4 Å². The molecular weight excluding hydrogens is 784 g/mol. The van der Waals surface area contributed by atoms with Gasteiger partial charge in [-0.15, -0.1) is 10.2 Å². The van der Waals surface area contributed by atoms with Crippen LogP contribution in [0.3, 0.4) is 0 Å². The van der Waals surface area contributed by atoms with Crippen molar-refractivity contribution in [3.8, 4) is 5.75 Å². The van der Waals surface area contributed by atoms with Crippen LogP contribution in [0.2, 0.25) is 0 Å². The molecule has 2 aromatic heterocycles. The van der Waals surface area contributed by atoms with Crippen molar-refractivity contribution in [3.05, 3.63) is 88.8 Å². The van der Waals surface area contributed by atoms with E-state index in [0.717, 1.165) is 86.1 Å². The van der Waals surface area contributed by atoms with Crippen molar-refractivity contribution >= 4 is 57.6 Å². The number of pyridine rings is 1. The molecule has 0 radical (unpaired) electrons. The standard InChI is InChI=1S/C44H45FN10O6/c1-46-33-8-11-37(29-3-2-16-47-40(29)33)61-28-6-4-27(5-7-28)48-41(57)34-9-12-38(51-50-34)54-17-14-26(15-18-54)25-52-19-21-53(22-20-52)36-24-31-30(23-32(36)45)43(59)55(44(31)60)35-10-13-39(56)49-42(35)58/h2-3,8-9,11-12,16,23-24,26-28,35H,4-7,10,13-15,17-22,25H2,(H,48,57)(H,49,56,58). The number of piperidine rings is 2. The van der Waals surface area contributed by atoms with E-state index in [1.54, 1.807) is 18.3 Å². The number of aromatic nitrogens is 3. The molecule has 1 atom stereocenters. The maximum absolute atomic E-state index is 15.4. The average Bonchev–Trinajstić information content (AvgIpc) is 3.51. The molecule has 4 aromatic rings. The smallest absolute Gasteiger partial charge is 0.272 e. The highest BCUT2D eigenvalue weighted by atomic mass is 19.1.